The number of halogens is 1. The second kappa shape index (κ2) is 8.29. The fourth-order valence-electron chi connectivity index (χ4n) is 3.62. The quantitative estimate of drug-likeness (QED) is 0.588. The van der Waals surface area contributed by atoms with Gasteiger partial charge in [-0.25, -0.2) is 0 Å². The summed E-state index contributed by atoms with van der Waals surface area (Å²) in [5.41, 5.74) is 1.06. The lowest BCUT2D eigenvalue weighted by molar-refractivity contribution is -0.305. The van der Waals surface area contributed by atoms with Gasteiger partial charge < -0.3 is 19.6 Å². The first-order valence-electron chi connectivity index (χ1n) is 8.93. The summed E-state index contributed by atoms with van der Waals surface area (Å²) >= 11 is 7.87. The number of carboxylic acids is 1. The van der Waals surface area contributed by atoms with E-state index in [2.05, 4.69) is 4.98 Å². The topological polar surface area (TPSA) is 99.3 Å². The maximum Gasteiger partial charge on any atom is 0.305 e. The van der Waals surface area contributed by atoms with Gasteiger partial charge in [0.05, 0.1) is 29.3 Å². The van der Waals surface area contributed by atoms with Crippen LogP contribution in [-0.4, -0.2) is 29.1 Å². The van der Waals surface area contributed by atoms with E-state index in [1.807, 2.05) is 0 Å². The molecule has 3 aromatic rings. The number of hydrogen-bond donors (Lipinski definition) is 1. The predicted octanol–water partition coefficient (Wildman–Crippen LogP) is 2.95. The molecule has 0 spiro atoms. The summed E-state index contributed by atoms with van der Waals surface area (Å²) in [6.07, 6.45) is 0. The number of ketones is 1. The molecule has 1 aliphatic heterocycles. The van der Waals surface area contributed by atoms with E-state index in [0.717, 1.165) is 23.1 Å². The molecule has 1 aromatic heterocycles. The molecule has 9 heteroatoms. The van der Waals surface area contributed by atoms with Crippen molar-refractivity contribution in [2.45, 2.75) is 16.2 Å². The number of Topliss-reactive ketones (excluding diaryl/α,β-unsaturated/α-hetero) is 1. The van der Waals surface area contributed by atoms with Crippen molar-refractivity contribution >= 4 is 46.5 Å². The highest BCUT2D eigenvalue weighted by atomic mass is 35.5. The molecule has 0 bridgehead atoms. The van der Waals surface area contributed by atoms with E-state index >= 15 is 0 Å². The third kappa shape index (κ3) is 3.78. The minimum atomic E-state index is -1.36. The molecule has 0 radical (unpaired) electrons. The van der Waals surface area contributed by atoms with Gasteiger partial charge >= 0.3 is 4.87 Å². The van der Waals surface area contributed by atoms with Gasteiger partial charge in [-0.1, -0.05) is 46.8 Å². The van der Waals surface area contributed by atoms with Crippen LogP contribution in [0.2, 0.25) is 5.02 Å². The SMILES string of the molecule is COc1ccc([C@@H]2c3sc(=O)[nH]c3S[C@H](C(=O)[O-])[C@H]2C(=O)c2ccc(Cl)cc2)cc1. The van der Waals surface area contributed by atoms with Gasteiger partial charge in [-0.05, 0) is 42.0 Å². The normalized spacial score (nSPS) is 20.4. The van der Waals surface area contributed by atoms with E-state index < -0.39 is 23.1 Å². The molecule has 0 amide bonds. The molecule has 3 atom stereocenters. The van der Waals surface area contributed by atoms with E-state index in [1.54, 1.807) is 55.6 Å². The van der Waals surface area contributed by atoms with Gasteiger partial charge in [0.25, 0.3) is 0 Å². The van der Waals surface area contributed by atoms with Crippen molar-refractivity contribution < 1.29 is 19.4 Å². The lowest BCUT2D eigenvalue weighted by Crippen LogP contribution is -2.46. The number of hydrogen-bond acceptors (Lipinski definition) is 7. The summed E-state index contributed by atoms with van der Waals surface area (Å²) in [5, 5.41) is 11.8. The molecule has 0 aliphatic carbocycles. The van der Waals surface area contributed by atoms with Crippen LogP contribution in [0, 0.1) is 5.92 Å². The molecule has 2 heterocycles. The number of aliphatic carboxylic acids is 1. The average Bonchev–Trinajstić information content (AvgIpc) is 3.12. The van der Waals surface area contributed by atoms with E-state index in [0.29, 0.717) is 31.8 Å². The van der Waals surface area contributed by atoms with Crippen LogP contribution >= 0.6 is 34.7 Å². The molecule has 30 heavy (non-hydrogen) atoms. The largest absolute Gasteiger partial charge is 0.549 e. The van der Waals surface area contributed by atoms with Crippen molar-refractivity contribution in [2.75, 3.05) is 7.11 Å². The predicted molar refractivity (Wildman–Crippen MR) is 114 cm³/mol. The highest BCUT2D eigenvalue weighted by Gasteiger charge is 2.45. The molecule has 1 N–H and O–H groups in total. The molecular formula is C21H15ClNO5S2-. The van der Waals surface area contributed by atoms with Crippen molar-refractivity contribution in [1.82, 2.24) is 4.98 Å². The van der Waals surface area contributed by atoms with Gasteiger partial charge in [-0.15, -0.1) is 0 Å². The molecule has 1 aliphatic rings. The number of carbonyl (C=O) groups excluding carboxylic acids is 2. The molecule has 0 saturated heterocycles. The molecule has 0 saturated carbocycles. The van der Waals surface area contributed by atoms with Crippen LogP contribution in [0.15, 0.2) is 58.4 Å². The Kier molecular flexibility index (Phi) is 5.73. The highest BCUT2D eigenvalue weighted by molar-refractivity contribution is 8.00. The number of benzene rings is 2. The van der Waals surface area contributed by atoms with Crippen molar-refractivity contribution in [2.24, 2.45) is 5.92 Å². The van der Waals surface area contributed by atoms with E-state index in [4.69, 9.17) is 16.3 Å². The zero-order valence-electron chi connectivity index (χ0n) is 15.6. The lowest BCUT2D eigenvalue weighted by atomic mass is 9.78. The number of fused-ring (bicyclic) bond motifs is 1. The zero-order chi connectivity index (χ0) is 21.4. The van der Waals surface area contributed by atoms with Gasteiger partial charge in [0.15, 0.2) is 5.78 Å². The Hall–Kier alpha value is -2.55. The molecule has 0 fully saturated rings. The number of methoxy groups -OCH3 is 1. The lowest BCUT2D eigenvalue weighted by Gasteiger charge is -2.37. The summed E-state index contributed by atoms with van der Waals surface area (Å²) in [7, 11) is 1.54. The molecular weight excluding hydrogens is 446 g/mol. The van der Waals surface area contributed by atoms with Gasteiger partial charge in [-0.3, -0.25) is 9.59 Å². The fraction of sp³-hybridized carbons (Fsp3) is 0.190. The molecule has 4 rings (SSSR count). The van der Waals surface area contributed by atoms with Gasteiger partial charge in [0, 0.05) is 21.4 Å². The maximum absolute atomic E-state index is 13.5. The first-order valence-corrected chi connectivity index (χ1v) is 11.0. The number of carbonyl (C=O) groups is 2. The smallest absolute Gasteiger partial charge is 0.305 e. The number of aromatic amines is 1. The highest BCUT2D eigenvalue weighted by Crippen LogP contribution is 2.50. The van der Waals surface area contributed by atoms with Gasteiger partial charge in [0.1, 0.15) is 5.75 Å². The molecule has 6 nitrogen and oxygen atoms in total. The summed E-state index contributed by atoms with van der Waals surface area (Å²) in [5.74, 6) is -2.66. The number of carboxylic acid groups (broad SMARTS) is 1. The van der Waals surface area contributed by atoms with Crippen LogP contribution in [0.25, 0.3) is 0 Å². The number of H-pyrrole nitrogens is 1. The van der Waals surface area contributed by atoms with Crippen molar-refractivity contribution in [3.05, 3.63) is 79.2 Å². The van der Waals surface area contributed by atoms with Crippen molar-refractivity contribution in [3.63, 3.8) is 0 Å². The Morgan fingerprint density at radius 2 is 1.77 bits per heavy atom. The van der Waals surface area contributed by atoms with Crippen LogP contribution in [0.1, 0.15) is 26.7 Å². The average molecular weight is 461 g/mol. The van der Waals surface area contributed by atoms with Gasteiger partial charge in [-0.2, -0.15) is 0 Å². The zero-order valence-corrected chi connectivity index (χ0v) is 18.0. The Bertz CT molecular complexity index is 1150. The number of rotatable bonds is 5. The monoisotopic (exact) mass is 460 g/mol. The summed E-state index contributed by atoms with van der Waals surface area (Å²) in [4.78, 5) is 40.6. The molecule has 0 unspecified atom stereocenters. The number of nitrogens with one attached hydrogen (secondary N) is 1. The summed E-state index contributed by atoms with van der Waals surface area (Å²) in [6.45, 7) is 0. The first kappa shape index (κ1) is 20.7. The number of aromatic nitrogens is 1. The third-order valence-electron chi connectivity index (χ3n) is 4.99. The van der Waals surface area contributed by atoms with Gasteiger partial charge in [0.2, 0.25) is 0 Å². The van der Waals surface area contributed by atoms with Crippen LogP contribution in [-0.2, 0) is 4.79 Å². The van der Waals surface area contributed by atoms with E-state index in [9.17, 15) is 19.5 Å². The van der Waals surface area contributed by atoms with E-state index in [1.165, 1.54) is 0 Å². The Morgan fingerprint density at radius 1 is 1.10 bits per heavy atom. The molecule has 2 aromatic carbocycles. The molecule has 154 valence electrons. The number of ether oxygens (including phenoxy) is 1. The van der Waals surface area contributed by atoms with Crippen LogP contribution < -0.4 is 14.7 Å². The summed E-state index contributed by atoms with van der Waals surface area (Å²) in [6, 6.07) is 13.4. The third-order valence-corrected chi connectivity index (χ3v) is 7.64. The number of thioether (sulfide) groups is 1. The summed E-state index contributed by atoms with van der Waals surface area (Å²) < 4.78 is 5.20. The van der Waals surface area contributed by atoms with Crippen LogP contribution in [0.4, 0.5) is 0 Å². The minimum absolute atomic E-state index is 0.303. The van der Waals surface area contributed by atoms with Crippen LogP contribution in [0.5, 0.6) is 5.75 Å². The number of thiazole rings is 1. The second-order valence-corrected chi connectivity index (χ2v) is 9.32. The minimum Gasteiger partial charge on any atom is -0.549 e. The van der Waals surface area contributed by atoms with Crippen molar-refractivity contribution in [1.29, 1.82) is 0 Å². The second-order valence-electron chi connectivity index (χ2n) is 6.71. The van der Waals surface area contributed by atoms with E-state index in [-0.39, 0.29) is 10.7 Å². The first-order chi connectivity index (χ1) is 14.4. The van der Waals surface area contributed by atoms with Crippen LogP contribution in [0.3, 0.4) is 0 Å². The maximum atomic E-state index is 13.5. The Labute approximate surface area is 184 Å². The Morgan fingerprint density at radius 3 is 2.37 bits per heavy atom. The standard InChI is InChI=1S/C21H16ClNO5S2/c1-28-13-8-4-10(5-9-13)14-15(16(24)11-2-6-12(22)7-3-11)18(20(25)26)29-19-17(14)30-21(27)23-19/h2-9,14-15,18H,1H3,(H,23,27)(H,25,26)/p-1/t14-,15+,18-/m0/s1. The van der Waals surface area contributed by atoms with Crippen molar-refractivity contribution in [3.8, 4) is 5.75 Å². The fourth-order valence-corrected chi connectivity index (χ4v) is 6.15. The Balaban J connectivity index is 1.89.